The van der Waals surface area contributed by atoms with E-state index in [-0.39, 0.29) is 23.9 Å². The minimum atomic E-state index is -0.434. The van der Waals surface area contributed by atoms with Gasteiger partial charge >= 0.3 is 11.7 Å². The van der Waals surface area contributed by atoms with Crippen molar-refractivity contribution >= 4 is 28.8 Å². The van der Waals surface area contributed by atoms with E-state index in [9.17, 15) is 14.4 Å². The summed E-state index contributed by atoms with van der Waals surface area (Å²) < 4.78 is 7.53. The second-order valence-corrected chi connectivity index (χ2v) is 6.80. The zero-order valence-electron chi connectivity index (χ0n) is 15.9. The molecule has 0 saturated carbocycles. The van der Waals surface area contributed by atoms with E-state index in [1.165, 1.54) is 16.2 Å². The van der Waals surface area contributed by atoms with Crippen LogP contribution in [0.25, 0.3) is 5.65 Å². The van der Waals surface area contributed by atoms with E-state index in [2.05, 4.69) is 5.10 Å². The van der Waals surface area contributed by atoms with Crippen molar-refractivity contribution in [3.63, 3.8) is 0 Å². The highest BCUT2D eigenvalue weighted by atomic mass is 16.5. The van der Waals surface area contributed by atoms with E-state index in [0.717, 1.165) is 16.9 Å². The number of benzene rings is 1. The number of fused-ring (bicyclic) bond motifs is 2. The minimum Gasteiger partial charge on any atom is -0.465 e. The molecule has 0 fully saturated rings. The number of nitrogens with zero attached hydrogens (tertiary/aromatic N) is 4. The first-order chi connectivity index (χ1) is 13.4. The highest BCUT2D eigenvalue weighted by Gasteiger charge is 2.32. The number of rotatable bonds is 3. The second-order valence-electron chi connectivity index (χ2n) is 6.80. The Morgan fingerprint density at radius 2 is 2.04 bits per heavy atom. The highest BCUT2D eigenvalue weighted by Crippen LogP contribution is 2.40. The molecule has 2 aromatic heterocycles. The largest absolute Gasteiger partial charge is 0.465 e. The molecule has 0 radical (unpaired) electrons. The molecule has 1 atom stereocenters. The lowest BCUT2D eigenvalue weighted by atomic mass is 9.85. The first-order valence-electron chi connectivity index (χ1n) is 9.02. The molecule has 0 N–H and O–H groups in total. The van der Waals surface area contributed by atoms with Gasteiger partial charge in [0.15, 0.2) is 11.4 Å². The zero-order valence-corrected chi connectivity index (χ0v) is 15.9. The lowest BCUT2D eigenvalue weighted by molar-refractivity contribution is -0.119. The van der Waals surface area contributed by atoms with Crippen LogP contribution in [0.2, 0.25) is 0 Å². The van der Waals surface area contributed by atoms with Gasteiger partial charge in [0.25, 0.3) is 0 Å². The van der Waals surface area contributed by atoms with E-state index in [1.807, 2.05) is 17.9 Å². The Kier molecular flexibility index (Phi) is 4.26. The van der Waals surface area contributed by atoms with Gasteiger partial charge < -0.3 is 9.64 Å². The monoisotopic (exact) mass is 380 g/mol. The van der Waals surface area contributed by atoms with E-state index < -0.39 is 5.97 Å². The number of pyridine rings is 1. The van der Waals surface area contributed by atoms with Crippen molar-refractivity contribution in [3.8, 4) is 0 Å². The summed E-state index contributed by atoms with van der Waals surface area (Å²) in [5, 5.41) is 4.22. The number of ether oxygens (including phenoxy) is 1. The summed E-state index contributed by atoms with van der Waals surface area (Å²) >= 11 is 0. The molecule has 0 amide bonds. The van der Waals surface area contributed by atoms with Gasteiger partial charge in [-0.25, -0.2) is 14.3 Å². The van der Waals surface area contributed by atoms with Crippen LogP contribution in [0, 0.1) is 0 Å². The fourth-order valence-corrected chi connectivity index (χ4v) is 3.76. The fourth-order valence-electron chi connectivity index (χ4n) is 3.76. The van der Waals surface area contributed by atoms with Gasteiger partial charge in [0.05, 0.1) is 19.2 Å². The molecule has 1 aromatic carbocycles. The molecule has 3 aromatic rings. The third-order valence-electron chi connectivity index (χ3n) is 5.19. The predicted octanol–water partition coefficient (Wildman–Crippen LogP) is 2.03. The summed E-state index contributed by atoms with van der Waals surface area (Å²) in [5.74, 6) is -0.621. The van der Waals surface area contributed by atoms with Crippen LogP contribution >= 0.6 is 0 Å². The van der Waals surface area contributed by atoms with Gasteiger partial charge in [-0.05, 0) is 36.2 Å². The molecule has 0 spiro atoms. The smallest absolute Gasteiger partial charge is 0.350 e. The Balaban J connectivity index is 1.86. The molecule has 0 bridgehead atoms. The van der Waals surface area contributed by atoms with Crippen molar-refractivity contribution in [2.75, 3.05) is 18.6 Å². The standard InChI is InChI=1S/C20H20N4O4/c1-4-14-15-9-12(19(26)28-3)5-6-16(15)24(11-17(14)25)13-7-8-23-18(10-13)21-22(2)20(23)27/h5-10,14H,4,11H2,1-3H3. The van der Waals surface area contributed by atoms with Crippen LogP contribution in [0.3, 0.4) is 0 Å². The number of carbonyl (C=O) groups excluding carboxylic acids is 2. The number of aryl methyl sites for hydroxylation is 1. The van der Waals surface area contributed by atoms with Crippen molar-refractivity contribution in [2.45, 2.75) is 19.3 Å². The number of Topliss-reactive ketones (excluding diaryl/α,β-unsaturated/α-hetero) is 1. The van der Waals surface area contributed by atoms with Crippen LogP contribution in [0.4, 0.5) is 11.4 Å². The van der Waals surface area contributed by atoms with Gasteiger partial charge in [0.2, 0.25) is 0 Å². The van der Waals surface area contributed by atoms with Crippen LogP contribution in [-0.4, -0.2) is 39.6 Å². The van der Waals surface area contributed by atoms with Crippen molar-refractivity contribution in [1.29, 1.82) is 0 Å². The van der Waals surface area contributed by atoms with Crippen LogP contribution in [0.15, 0.2) is 41.3 Å². The number of esters is 1. The Morgan fingerprint density at radius 3 is 2.75 bits per heavy atom. The van der Waals surface area contributed by atoms with E-state index in [1.54, 1.807) is 37.5 Å². The first-order valence-corrected chi connectivity index (χ1v) is 9.02. The van der Waals surface area contributed by atoms with Gasteiger partial charge in [0, 0.05) is 36.6 Å². The zero-order chi connectivity index (χ0) is 20.0. The average molecular weight is 380 g/mol. The number of hydrogen-bond acceptors (Lipinski definition) is 6. The molecule has 1 aliphatic rings. The van der Waals surface area contributed by atoms with Crippen LogP contribution in [0.1, 0.15) is 35.2 Å². The molecule has 8 heteroatoms. The Morgan fingerprint density at radius 1 is 1.25 bits per heavy atom. The molecule has 0 aliphatic carbocycles. The Hall–Kier alpha value is -3.42. The highest BCUT2D eigenvalue weighted by molar-refractivity contribution is 5.99. The van der Waals surface area contributed by atoms with E-state index >= 15 is 0 Å². The fraction of sp³-hybridized carbons (Fsp3) is 0.300. The maximum atomic E-state index is 12.8. The van der Waals surface area contributed by atoms with Crippen molar-refractivity contribution in [2.24, 2.45) is 7.05 Å². The van der Waals surface area contributed by atoms with Gasteiger partial charge in [-0.2, -0.15) is 5.10 Å². The summed E-state index contributed by atoms with van der Waals surface area (Å²) in [5.41, 5.74) is 3.11. The van der Waals surface area contributed by atoms with Crippen molar-refractivity contribution in [1.82, 2.24) is 14.2 Å². The van der Waals surface area contributed by atoms with Crippen LogP contribution < -0.4 is 10.6 Å². The summed E-state index contributed by atoms with van der Waals surface area (Å²) in [6.07, 6.45) is 2.30. The van der Waals surface area contributed by atoms with Crippen LogP contribution in [0.5, 0.6) is 0 Å². The number of carbonyl (C=O) groups is 2. The molecule has 3 heterocycles. The molecular weight excluding hydrogens is 360 g/mol. The lowest BCUT2D eigenvalue weighted by Crippen LogP contribution is -2.35. The Bertz CT molecular complexity index is 1160. The number of methoxy groups -OCH3 is 1. The molecule has 0 saturated heterocycles. The Labute approximate surface area is 160 Å². The number of ketones is 1. The van der Waals surface area contributed by atoms with Gasteiger partial charge in [-0.1, -0.05) is 6.92 Å². The second kappa shape index (κ2) is 6.63. The average Bonchev–Trinajstić information content (AvgIpc) is 2.99. The minimum absolute atomic E-state index is 0.0790. The number of anilines is 2. The third-order valence-corrected chi connectivity index (χ3v) is 5.19. The van der Waals surface area contributed by atoms with E-state index in [0.29, 0.717) is 17.6 Å². The molecule has 1 aliphatic heterocycles. The molecule has 28 heavy (non-hydrogen) atoms. The van der Waals surface area contributed by atoms with E-state index in [4.69, 9.17) is 4.74 Å². The predicted molar refractivity (Wildman–Crippen MR) is 103 cm³/mol. The molecule has 4 rings (SSSR count). The topological polar surface area (TPSA) is 85.9 Å². The van der Waals surface area contributed by atoms with Crippen molar-refractivity contribution in [3.05, 3.63) is 58.1 Å². The van der Waals surface area contributed by atoms with Gasteiger partial charge in [0.1, 0.15) is 0 Å². The maximum absolute atomic E-state index is 12.8. The maximum Gasteiger partial charge on any atom is 0.350 e. The summed E-state index contributed by atoms with van der Waals surface area (Å²) in [6, 6.07) is 8.84. The number of aromatic nitrogens is 3. The molecular formula is C20H20N4O4. The normalized spacial score (nSPS) is 16.3. The number of hydrogen-bond donors (Lipinski definition) is 0. The summed E-state index contributed by atoms with van der Waals surface area (Å²) in [7, 11) is 2.93. The summed E-state index contributed by atoms with van der Waals surface area (Å²) in [4.78, 5) is 38.7. The van der Waals surface area contributed by atoms with Gasteiger partial charge in [-0.3, -0.25) is 9.20 Å². The molecule has 1 unspecified atom stereocenters. The lowest BCUT2D eigenvalue weighted by Gasteiger charge is -2.34. The molecule has 144 valence electrons. The van der Waals surface area contributed by atoms with Gasteiger partial charge in [-0.15, -0.1) is 0 Å². The third kappa shape index (κ3) is 2.69. The molecule has 8 nitrogen and oxygen atoms in total. The quantitative estimate of drug-likeness (QED) is 0.647. The summed E-state index contributed by atoms with van der Waals surface area (Å²) in [6.45, 7) is 2.18. The van der Waals surface area contributed by atoms with Crippen molar-refractivity contribution < 1.29 is 14.3 Å². The first kappa shape index (κ1) is 18.0. The van der Waals surface area contributed by atoms with Crippen LogP contribution in [-0.2, 0) is 16.6 Å². The SMILES string of the molecule is CCC1C(=O)CN(c2ccn3c(=O)n(C)nc3c2)c2ccc(C(=O)OC)cc21.